The molecule has 0 bridgehead atoms. The van der Waals surface area contributed by atoms with Gasteiger partial charge in [-0.25, -0.2) is 0 Å². The van der Waals surface area contributed by atoms with Crippen LogP contribution in [0.4, 0.5) is 0 Å². The smallest absolute Gasteiger partial charge is 0.248 e. The Morgan fingerprint density at radius 2 is 1.91 bits per heavy atom. The van der Waals surface area contributed by atoms with Crippen molar-refractivity contribution in [2.45, 2.75) is 19.8 Å². The number of hydrogen-bond donors (Lipinski definition) is 0. The molecule has 0 aromatic carbocycles. The van der Waals surface area contributed by atoms with E-state index < -0.39 is 10.5 Å². The fourth-order valence-electron chi connectivity index (χ4n) is 0.634. The standard InChI is InChI=1S/C7H8Cl2O2/c1-2-3-5(7(9)11)4-6(8)10/h4H,2-3H2,1H3/b5-4+. The minimum Gasteiger partial charge on any atom is -0.276 e. The van der Waals surface area contributed by atoms with Gasteiger partial charge in [0.25, 0.3) is 0 Å². The Kier molecular flexibility index (Phi) is 5.16. The molecule has 0 saturated carbocycles. The third-order valence-electron chi connectivity index (χ3n) is 1.06. The van der Waals surface area contributed by atoms with Gasteiger partial charge in [-0.3, -0.25) is 9.59 Å². The van der Waals surface area contributed by atoms with Crippen LogP contribution < -0.4 is 0 Å². The quantitative estimate of drug-likeness (QED) is 0.509. The van der Waals surface area contributed by atoms with Crippen LogP contribution in [-0.4, -0.2) is 10.5 Å². The topological polar surface area (TPSA) is 34.1 Å². The van der Waals surface area contributed by atoms with E-state index in [1.165, 1.54) is 0 Å². The summed E-state index contributed by atoms with van der Waals surface area (Å²) in [6.45, 7) is 1.88. The number of carbonyl (C=O) groups is 2. The number of hydrogen-bond acceptors (Lipinski definition) is 2. The molecular weight excluding hydrogens is 187 g/mol. The van der Waals surface area contributed by atoms with Crippen LogP contribution in [0.3, 0.4) is 0 Å². The second kappa shape index (κ2) is 5.33. The van der Waals surface area contributed by atoms with Gasteiger partial charge in [-0.15, -0.1) is 0 Å². The van der Waals surface area contributed by atoms with Crippen molar-refractivity contribution in [3.63, 3.8) is 0 Å². The Balaban J connectivity index is 4.32. The van der Waals surface area contributed by atoms with Crippen molar-refractivity contribution in [1.82, 2.24) is 0 Å². The third kappa shape index (κ3) is 4.99. The van der Waals surface area contributed by atoms with Crippen molar-refractivity contribution in [2.24, 2.45) is 0 Å². The lowest BCUT2D eigenvalue weighted by Crippen LogP contribution is -1.95. The molecule has 0 atom stereocenters. The van der Waals surface area contributed by atoms with Crippen LogP contribution >= 0.6 is 23.2 Å². The molecule has 4 heteroatoms. The third-order valence-corrected chi connectivity index (χ3v) is 1.41. The fraction of sp³-hybridized carbons (Fsp3) is 0.429. The van der Waals surface area contributed by atoms with Gasteiger partial charge in [0.2, 0.25) is 10.5 Å². The molecular formula is C7H8Cl2O2. The first kappa shape index (κ1) is 10.7. The Morgan fingerprint density at radius 3 is 2.18 bits per heavy atom. The van der Waals surface area contributed by atoms with Gasteiger partial charge in [0.05, 0.1) is 0 Å². The lowest BCUT2D eigenvalue weighted by Gasteiger charge is -1.95. The van der Waals surface area contributed by atoms with Crippen molar-refractivity contribution >= 4 is 33.7 Å². The maximum atomic E-state index is 10.6. The molecule has 0 aliphatic rings. The molecule has 0 unspecified atom stereocenters. The summed E-state index contributed by atoms with van der Waals surface area (Å²) < 4.78 is 0. The number of allylic oxidation sites excluding steroid dienone is 2. The first-order valence-corrected chi connectivity index (χ1v) is 3.93. The highest BCUT2D eigenvalue weighted by Gasteiger charge is 2.05. The van der Waals surface area contributed by atoms with Crippen molar-refractivity contribution in [2.75, 3.05) is 0 Å². The van der Waals surface area contributed by atoms with E-state index in [4.69, 9.17) is 23.2 Å². The average Bonchev–Trinajstić information content (AvgIpc) is 1.86. The summed E-state index contributed by atoms with van der Waals surface area (Å²) in [5.41, 5.74) is 0.272. The number of rotatable bonds is 4. The number of halogens is 2. The van der Waals surface area contributed by atoms with Crippen molar-refractivity contribution in [1.29, 1.82) is 0 Å². The molecule has 0 fully saturated rings. The van der Waals surface area contributed by atoms with E-state index in [1.807, 2.05) is 6.92 Å². The molecule has 0 aromatic rings. The van der Waals surface area contributed by atoms with Gasteiger partial charge in [0, 0.05) is 11.6 Å². The van der Waals surface area contributed by atoms with Gasteiger partial charge >= 0.3 is 0 Å². The van der Waals surface area contributed by atoms with E-state index in [9.17, 15) is 9.59 Å². The Hall–Kier alpha value is -0.340. The summed E-state index contributed by atoms with van der Waals surface area (Å²) in [6.07, 6.45) is 2.30. The summed E-state index contributed by atoms with van der Waals surface area (Å²) >= 11 is 10.2. The van der Waals surface area contributed by atoms with Crippen molar-refractivity contribution in [3.05, 3.63) is 11.6 Å². The van der Waals surface area contributed by atoms with E-state index in [-0.39, 0.29) is 5.57 Å². The zero-order valence-electron chi connectivity index (χ0n) is 6.06. The van der Waals surface area contributed by atoms with E-state index in [1.54, 1.807) is 0 Å². The zero-order chi connectivity index (χ0) is 8.85. The highest BCUT2D eigenvalue weighted by atomic mass is 35.5. The zero-order valence-corrected chi connectivity index (χ0v) is 7.58. The predicted octanol–water partition coefficient (Wildman–Crippen LogP) is 2.24. The summed E-state index contributed by atoms with van der Waals surface area (Å²) in [7, 11) is 0. The SMILES string of the molecule is CCC/C(=C\C(=O)Cl)C(=O)Cl. The molecule has 0 amide bonds. The van der Waals surface area contributed by atoms with E-state index in [0.717, 1.165) is 12.5 Å². The Labute approximate surface area is 75.2 Å². The molecule has 0 aliphatic heterocycles. The monoisotopic (exact) mass is 194 g/mol. The highest BCUT2D eigenvalue weighted by Crippen LogP contribution is 2.09. The summed E-state index contributed by atoms with van der Waals surface area (Å²) in [6, 6.07) is 0. The van der Waals surface area contributed by atoms with Gasteiger partial charge in [0.15, 0.2) is 0 Å². The van der Waals surface area contributed by atoms with Crippen LogP contribution in [0.1, 0.15) is 19.8 Å². The second-order valence-corrected chi connectivity index (χ2v) is 2.71. The fourth-order valence-corrected chi connectivity index (χ4v) is 0.914. The highest BCUT2D eigenvalue weighted by molar-refractivity contribution is 6.70. The summed E-state index contributed by atoms with van der Waals surface area (Å²) in [5, 5.41) is -1.27. The molecule has 0 aliphatic carbocycles. The molecule has 0 aromatic heterocycles. The molecule has 0 saturated heterocycles. The largest absolute Gasteiger partial charge is 0.276 e. The van der Waals surface area contributed by atoms with E-state index in [0.29, 0.717) is 6.42 Å². The van der Waals surface area contributed by atoms with Crippen LogP contribution in [0.2, 0.25) is 0 Å². The van der Waals surface area contributed by atoms with Crippen LogP contribution in [-0.2, 0) is 9.59 Å². The number of carbonyl (C=O) groups excluding carboxylic acids is 2. The van der Waals surface area contributed by atoms with E-state index >= 15 is 0 Å². The normalized spacial score (nSPS) is 11.4. The van der Waals surface area contributed by atoms with Crippen LogP contribution in [0.15, 0.2) is 11.6 Å². The maximum absolute atomic E-state index is 10.6. The van der Waals surface area contributed by atoms with Crippen molar-refractivity contribution < 1.29 is 9.59 Å². The molecule has 0 rings (SSSR count). The van der Waals surface area contributed by atoms with Crippen LogP contribution in [0.5, 0.6) is 0 Å². The molecule has 0 radical (unpaired) electrons. The van der Waals surface area contributed by atoms with Gasteiger partial charge < -0.3 is 0 Å². The van der Waals surface area contributed by atoms with Gasteiger partial charge in [-0.2, -0.15) is 0 Å². The maximum Gasteiger partial charge on any atom is 0.248 e. The predicted molar refractivity (Wildman–Crippen MR) is 44.7 cm³/mol. The van der Waals surface area contributed by atoms with Crippen LogP contribution in [0, 0.1) is 0 Å². The summed E-state index contributed by atoms with van der Waals surface area (Å²) in [5.74, 6) is 0. The minimum absolute atomic E-state index is 0.272. The van der Waals surface area contributed by atoms with Gasteiger partial charge in [0.1, 0.15) is 0 Å². The average molecular weight is 195 g/mol. The lowest BCUT2D eigenvalue weighted by atomic mass is 10.1. The molecule has 0 heterocycles. The van der Waals surface area contributed by atoms with Crippen LogP contribution in [0.25, 0.3) is 0 Å². The Morgan fingerprint density at radius 1 is 1.36 bits per heavy atom. The first-order chi connectivity index (χ1) is 5.07. The van der Waals surface area contributed by atoms with Gasteiger partial charge in [-0.05, 0) is 29.6 Å². The molecule has 62 valence electrons. The summed E-state index contributed by atoms with van der Waals surface area (Å²) in [4.78, 5) is 20.9. The van der Waals surface area contributed by atoms with Crippen molar-refractivity contribution in [3.8, 4) is 0 Å². The molecule has 2 nitrogen and oxygen atoms in total. The minimum atomic E-state index is -0.664. The molecule has 0 N–H and O–H groups in total. The molecule has 11 heavy (non-hydrogen) atoms. The van der Waals surface area contributed by atoms with Gasteiger partial charge in [-0.1, -0.05) is 13.3 Å². The Bertz CT molecular complexity index is 197. The van der Waals surface area contributed by atoms with E-state index in [2.05, 4.69) is 0 Å². The lowest BCUT2D eigenvalue weighted by molar-refractivity contribution is -0.110. The molecule has 0 spiro atoms. The second-order valence-electron chi connectivity index (χ2n) is 2.00. The first-order valence-electron chi connectivity index (χ1n) is 3.17.